The van der Waals surface area contributed by atoms with Crippen LogP contribution in [-0.2, 0) is 16.0 Å². The van der Waals surface area contributed by atoms with Crippen LogP contribution in [0.2, 0.25) is 5.02 Å². The highest BCUT2D eigenvalue weighted by molar-refractivity contribution is 6.32. The Labute approximate surface area is 117 Å². The Hall–Kier alpha value is -1.46. The van der Waals surface area contributed by atoms with Crippen LogP contribution in [0, 0.1) is 0 Å². The summed E-state index contributed by atoms with van der Waals surface area (Å²) in [5.41, 5.74) is 6.48. The number of rotatable bonds is 7. The van der Waals surface area contributed by atoms with Crippen molar-refractivity contribution in [1.82, 2.24) is 0 Å². The molecule has 0 unspecified atom stereocenters. The van der Waals surface area contributed by atoms with Gasteiger partial charge in [-0.1, -0.05) is 11.6 Å². The van der Waals surface area contributed by atoms with E-state index in [2.05, 4.69) is 4.74 Å². The van der Waals surface area contributed by atoms with Gasteiger partial charge in [-0.15, -0.1) is 0 Å². The van der Waals surface area contributed by atoms with Crippen molar-refractivity contribution in [2.75, 3.05) is 27.4 Å². The molecule has 0 aliphatic heterocycles. The van der Waals surface area contributed by atoms with Gasteiger partial charge in [-0.25, -0.2) is 0 Å². The summed E-state index contributed by atoms with van der Waals surface area (Å²) in [6.45, 7) is 0.709. The molecule has 0 spiro atoms. The normalized spacial score (nSPS) is 10.1. The molecule has 0 atom stereocenters. The molecule has 0 aromatic heterocycles. The van der Waals surface area contributed by atoms with Gasteiger partial charge in [0.2, 0.25) is 0 Å². The van der Waals surface area contributed by atoms with Gasteiger partial charge in [0.05, 0.1) is 32.3 Å². The molecule has 0 radical (unpaired) electrons. The zero-order valence-electron chi connectivity index (χ0n) is 11.1. The number of esters is 1. The number of ether oxygens (including phenoxy) is 3. The van der Waals surface area contributed by atoms with Crippen molar-refractivity contribution in [3.8, 4) is 11.5 Å². The van der Waals surface area contributed by atoms with Crippen LogP contribution < -0.4 is 15.2 Å². The second kappa shape index (κ2) is 7.86. The van der Waals surface area contributed by atoms with Crippen molar-refractivity contribution in [3.63, 3.8) is 0 Å². The molecule has 106 valence electrons. The van der Waals surface area contributed by atoms with Gasteiger partial charge in [0.1, 0.15) is 0 Å². The van der Waals surface area contributed by atoms with Crippen molar-refractivity contribution < 1.29 is 19.0 Å². The van der Waals surface area contributed by atoms with E-state index in [4.69, 9.17) is 26.8 Å². The molecule has 0 amide bonds. The van der Waals surface area contributed by atoms with E-state index < -0.39 is 0 Å². The third-order valence-corrected chi connectivity index (χ3v) is 2.78. The Morgan fingerprint density at radius 3 is 2.68 bits per heavy atom. The lowest BCUT2D eigenvalue weighted by atomic mass is 10.1. The molecule has 5 nitrogen and oxygen atoms in total. The Morgan fingerprint density at radius 1 is 1.37 bits per heavy atom. The lowest BCUT2D eigenvalue weighted by molar-refractivity contribution is -0.141. The maximum atomic E-state index is 11.0. The molecule has 0 bridgehead atoms. The second-order valence-electron chi connectivity index (χ2n) is 3.82. The van der Waals surface area contributed by atoms with E-state index in [1.807, 2.05) is 6.07 Å². The molecule has 1 aromatic rings. The average Bonchev–Trinajstić information content (AvgIpc) is 2.40. The fourth-order valence-electron chi connectivity index (χ4n) is 1.56. The van der Waals surface area contributed by atoms with Crippen LogP contribution in [0.15, 0.2) is 12.1 Å². The summed E-state index contributed by atoms with van der Waals surface area (Å²) in [6, 6.07) is 3.61. The largest absolute Gasteiger partial charge is 0.493 e. The fraction of sp³-hybridized carbons (Fsp3) is 0.462. The van der Waals surface area contributed by atoms with Gasteiger partial charge < -0.3 is 19.9 Å². The van der Waals surface area contributed by atoms with Crippen LogP contribution in [0.1, 0.15) is 12.0 Å². The van der Waals surface area contributed by atoms with Gasteiger partial charge in [-0.2, -0.15) is 0 Å². The number of benzene rings is 1. The minimum absolute atomic E-state index is 0.153. The molecular formula is C13H18ClNO4. The summed E-state index contributed by atoms with van der Waals surface area (Å²) in [7, 11) is 2.86. The van der Waals surface area contributed by atoms with Gasteiger partial charge in [0, 0.05) is 0 Å². The minimum Gasteiger partial charge on any atom is -0.493 e. The summed E-state index contributed by atoms with van der Waals surface area (Å²) in [5, 5.41) is 0.438. The molecule has 2 N–H and O–H groups in total. The van der Waals surface area contributed by atoms with E-state index in [0.29, 0.717) is 29.5 Å². The fourth-order valence-corrected chi connectivity index (χ4v) is 1.85. The summed E-state index contributed by atoms with van der Waals surface area (Å²) in [4.78, 5) is 11.0. The number of hydrogen-bond acceptors (Lipinski definition) is 5. The minimum atomic E-state index is -0.338. The van der Waals surface area contributed by atoms with Gasteiger partial charge in [-0.3, -0.25) is 4.79 Å². The van der Waals surface area contributed by atoms with Crippen molar-refractivity contribution in [2.45, 2.75) is 12.8 Å². The summed E-state index contributed by atoms with van der Waals surface area (Å²) < 4.78 is 15.2. The summed E-state index contributed by atoms with van der Waals surface area (Å²) in [6.07, 6.45) is 0.860. The van der Waals surface area contributed by atoms with E-state index >= 15 is 0 Å². The molecular weight excluding hydrogens is 270 g/mol. The Morgan fingerprint density at radius 2 is 2.11 bits per heavy atom. The van der Waals surface area contributed by atoms with E-state index in [1.54, 1.807) is 6.07 Å². The zero-order chi connectivity index (χ0) is 14.3. The first kappa shape index (κ1) is 15.6. The molecule has 0 heterocycles. The van der Waals surface area contributed by atoms with E-state index in [0.717, 1.165) is 5.56 Å². The molecule has 1 rings (SSSR count). The van der Waals surface area contributed by atoms with E-state index in [1.165, 1.54) is 14.2 Å². The maximum absolute atomic E-state index is 11.0. The first-order valence-corrected chi connectivity index (χ1v) is 6.26. The lowest BCUT2D eigenvalue weighted by Crippen LogP contribution is -2.09. The van der Waals surface area contributed by atoms with E-state index in [-0.39, 0.29) is 19.0 Å². The molecule has 0 aliphatic carbocycles. The van der Waals surface area contributed by atoms with Crippen LogP contribution in [0.4, 0.5) is 0 Å². The second-order valence-corrected chi connectivity index (χ2v) is 4.23. The lowest BCUT2D eigenvalue weighted by Gasteiger charge is -2.13. The molecule has 0 aliphatic rings. The maximum Gasteiger partial charge on any atom is 0.308 e. The van der Waals surface area contributed by atoms with Gasteiger partial charge >= 0.3 is 5.97 Å². The highest BCUT2D eigenvalue weighted by atomic mass is 35.5. The number of halogens is 1. The number of carbonyl (C=O) groups is 1. The highest BCUT2D eigenvalue weighted by Gasteiger charge is 2.12. The smallest absolute Gasteiger partial charge is 0.308 e. The first-order valence-electron chi connectivity index (χ1n) is 5.88. The van der Waals surface area contributed by atoms with E-state index in [9.17, 15) is 4.79 Å². The molecule has 0 fully saturated rings. The zero-order valence-corrected chi connectivity index (χ0v) is 11.8. The molecule has 0 saturated carbocycles. The number of carbonyl (C=O) groups excluding carboxylic acids is 1. The van der Waals surface area contributed by atoms with Gasteiger partial charge in [-0.05, 0) is 30.7 Å². The van der Waals surface area contributed by atoms with Crippen LogP contribution in [0.25, 0.3) is 0 Å². The highest BCUT2D eigenvalue weighted by Crippen LogP contribution is 2.36. The van der Waals surface area contributed by atoms with Crippen LogP contribution in [0.5, 0.6) is 11.5 Å². The third-order valence-electron chi connectivity index (χ3n) is 2.50. The van der Waals surface area contributed by atoms with Crippen LogP contribution >= 0.6 is 11.6 Å². The number of nitrogens with two attached hydrogens (primary N) is 1. The Kier molecular flexibility index (Phi) is 6.45. The molecule has 1 aromatic carbocycles. The van der Waals surface area contributed by atoms with Crippen molar-refractivity contribution in [1.29, 1.82) is 0 Å². The Bertz CT molecular complexity index is 437. The molecule has 6 heteroatoms. The molecule has 19 heavy (non-hydrogen) atoms. The SMILES string of the molecule is COC(=O)CCOc1c(Cl)cc(CCN)cc1OC. The number of hydrogen-bond donors (Lipinski definition) is 1. The summed E-state index contributed by atoms with van der Waals surface area (Å²) >= 11 is 6.14. The average molecular weight is 288 g/mol. The number of methoxy groups -OCH3 is 2. The quantitative estimate of drug-likeness (QED) is 0.774. The summed E-state index contributed by atoms with van der Waals surface area (Å²) in [5.74, 6) is 0.615. The third kappa shape index (κ3) is 4.61. The van der Waals surface area contributed by atoms with Gasteiger partial charge in [0.15, 0.2) is 11.5 Å². The van der Waals surface area contributed by atoms with Crippen molar-refractivity contribution >= 4 is 17.6 Å². The first-order chi connectivity index (χ1) is 9.12. The predicted molar refractivity (Wildman–Crippen MR) is 72.9 cm³/mol. The van der Waals surface area contributed by atoms with Crippen molar-refractivity contribution in [2.24, 2.45) is 5.73 Å². The van der Waals surface area contributed by atoms with Gasteiger partial charge in [0.25, 0.3) is 0 Å². The van der Waals surface area contributed by atoms with Crippen molar-refractivity contribution in [3.05, 3.63) is 22.7 Å². The predicted octanol–water partition coefficient (Wildman–Crippen LogP) is 1.79. The topological polar surface area (TPSA) is 70.8 Å². The standard InChI is InChI=1S/C13H18ClNO4/c1-17-11-8-9(3-5-15)7-10(14)13(11)19-6-4-12(16)18-2/h7-8H,3-6,15H2,1-2H3. The Balaban J connectivity index is 2.78. The monoisotopic (exact) mass is 287 g/mol. The van der Waals surface area contributed by atoms with Crippen LogP contribution in [-0.4, -0.2) is 33.3 Å². The van der Waals surface area contributed by atoms with Crippen LogP contribution in [0.3, 0.4) is 0 Å². The molecule has 0 saturated heterocycles.